The molecule has 0 amide bonds. The van der Waals surface area contributed by atoms with E-state index in [9.17, 15) is 0 Å². The lowest BCUT2D eigenvalue weighted by atomic mass is 10.2. The second-order valence-corrected chi connectivity index (χ2v) is 3.81. The van der Waals surface area contributed by atoms with Crippen molar-refractivity contribution in [3.63, 3.8) is 0 Å². The first-order valence-electron chi connectivity index (χ1n) is 2.88. The van der Waals surface area contributed by atoms with Crippen molar-refractivity contribution in [2.75, 3.05) is 0 Å². The number of alkyl halides is 1. The Morgan fingerprint density at radius 1 is 0.875 bits per heavy atom. The van der Waals surface area contributed by atoms with Gasteiger partial charge in [-0.05, 0) is 0 Å². The molecule has 0 unspecified atom stereocenters. The van der Waals surface area contributed by atoms with Crippen molar-refractivity contribution in [2.45, 2.75) is 3.92 Å². The predicted molar refractivity (Wildman–Crippen MR) is 43.1 cm³/mol. The zero-order chi connectivity index (χ0) is 5.56. The van der Waals surface area contributed by atoms with E-state index >= 15 is 0 Å². The molecule has 0 atom stereocenters. The second kappa shape index (κ2) is 1.59. The minimum absolute atomic E-state index is 0.764. The highest BCUT2D eigenvalue weighted by atomic mass is 127. The zero-order valence-corrected chi connectivity index (χ0v) is 6.58. The Morgan fingerprint density at radius 3 is 1.38 bits per heavy atom. The van der Waals surface area contributed by atoms with E-state index in [4.69, 9.17) is 0 Å². The van der Waals surface area contributed by atoms with Crippen molar-refractivity contribution in [3.05, 3.63) is 24.3 Å². The highest BCUT2D eigenvalue weighted by Gasteiger charge is 2.30. The molecule has 2 rings (SSSR count). The molecule has 0 aromatic heterocycles. The predicted octanol–water partition coefficient (Wildman–Crippen LogP) is 2.16. The third kappa shape index (κ3) is 0.508. The summed E-state index contributed by atoms with van der Waals surface area (Å²) in [6.07, 6.45) is 9.23. The summed E-state index contributed by atoms with van der Waals surface area (Å²) in [5.74, 6) is 1.53. The molecular formula is C7H7I. The molecule has 0 N–H and O–H groups in total. The lowest BCUT2D eigenvalue weighted by molar-refractivity contribution is 0.784. The van der Waals surface area contributed by atoms with Crippen molar-refractivity contribution in [2.24, 2.45) is 11.8 Å². The van der Waals surface area contributed by atoms with Gasteiger partial charge in [0.2, 0.25) is 0 Å². The minimum atomic E-state index is 0.764. The van der Waals surface area contributed by atoms with E-state index in [0.717, 1.165) is 15.8 Å². The number of allylic oxidation sites excluding steroid dienone is 4. The Labute approximate surface area is 62.8 Å². The van der Waals surface area contributed by atoms with Gasteiger partial charge in [0, 0.05) is 15.8 Å². The van der Waals surface area contributed by atoms with Crippen LogP contribution in [0.25, 0.3) is 0 Å². The Bertz CT molecular complexity index is 128. The van der Waals surface area contributed by atoms with Crippen molar-refractivity contribution < 1.29 is 0 Å². The smallest absolute Gasteiger partial charge is 0.0304 e. The molecular weight excluding hydrogens is 211 g/mol. The molecule has 0 heterocycles. The average Bonchev–Trinajstić information content (AvgIpc) is 2.29. The summed E-state index contributed by atoms with van der Waals surface area (Å²) in [5.41, 5.74) is 0. The number of hydrogen-bond donors (Lipinski definition) is 0. The van der Waals surface area contributed by atoms with Gasteiger partial charge in [-0.1, -0.05) is 46.9 Å². The summed E-state index contributed by atoms with van der Waals surface area (Å²) >= 11 is 2.52. The van der Waals surface area contributed by atoms with Crippen LogP contribution in [0.2, 0.25) is 0 Å². The minimum Gasteiger partial charge on any atom is -0.0807 e. The molecule has 0 nitrogen and oxygen atoms in total. The molecule has 0 fully saturated rings. The Morgan fingerprint density at radius 2 is 1.25 bits per heavy atom. The van der Waals surface area contributed by atoms with Crippen molar-refractivity contribution in [1.29, 1.82) is 0 Å². The van der Waals surface area contributed by atoms with Gasteiger partial charge in [-0.15, -0.1) is 0 Å². The van der Waals surface area contributed by atoms with E-state index in [2.05, 4.69) is 46.9 Å². The summed E-state index contributed by atoms with van der Waals surface area (Å²) in [6.45, 7) is 0. The van der Waals surface area contributed by atoms with E-state index in [1.165, 1.54) is 0 Å². The maximum Gasteiger partial charge on any atom is 0.0304 e. The van der Waals surface area contributed by atoms with Gasteiger partial charge >= 0.3 is 0 Å². The summed E-state index contributed by atoms with van der Waals surface area (Å²) in [5, 5.41) is 0. The standard InChI is InChI=1S/C7H7I/c8-7-5-1-2-6(7)4-3-5/h1-7H. The zero-order valence-electron chi connectivity index (χ0n) is 4.42. The maximum atomic E-state index is 2.52. The summed E-state index contributed by atoms with van der Waals surface area (Å²) in [6, 6.07) is 0. The third-order valence-corrected chi connectivity index (χ3v) is 3.51. The molecule has 0 radical (unpaired) electrons. The first-order valence-corrected chi connectivity index (χ1v) is 4.13. The molecule has 8 heavy (non-hydrogen) atoms. The van der Waals surface area contributed by atoms with Crippen LogP contribution in [0, 0.1) is 11.8 Å². The Hall–Kier alpha value is 0.210. The number of hydrogen-bond acceptors (Lipinski definition) is 0. The highest BCUT2D eigenvalue weighted by molar-refractivity contribution is 14.1. The van der Waals surface area contributed by atoms with Gasteiger partial charge in [0.1, 0.15) is 0 Å². The third-order valence-electron chi connectivity index (χ3n) is 1.85. The summed E-state index contributed by atoms with van der Waals surface area (Å²) in [4.78, 5) is 0. The molecule has 0 aromatic carbocycles. The molecule has 2 aliphatic rings. The Kier molecular flexibility index (Phi) is 1.00. The van der Waals surface area contributed by atoms with Crippen LogP contribution in [-0.2, 0) is 0 Å². The largest absolute Gasteiger partial charge is 0.0807 e. The second-order valence-electron chi connectivity index (χ2n) is 2.37. The van der Waals surface area contributed by atoms with Crippen LogP contribution in [0.5, 0.6) is 0 Å². The topological polar surface area (TPSA) is 0 Å². The van der Waals surface area contributed by atoms with Gasteiger partial charge in [0.05, 0.1) is 0 Å². The van der Waals surface area contributed by atoms with Crippen LogP contribution in [0.3, 0.4) is 0 Å². The molecule has 0 spiro atoms. The molecule has 0 saturated carbocycles. The quantitative estimate of drug-likeness (QED) is 0.332. The van der Waals surface area contributed by atoms with Crippen molar-refractivity contribution in [3.8, 4) is 0 Å². The van der Waals surface area contributed by atoms with Gasteiger partial charge in [0.15, 0.2) is 0 Å². The fourth-order valence-electron chi connectivity index (χ4n) is 1.32. The van der Waals surface area contributed by atoms with E-state index in [0.29, 0.717) is 0 Å². The van der Waals surface area contributed by atoms with Gasteiger partial charge in [-0.3, -0.25) is 0 Å². The number of fused-ring (bicyclic) bond motifs is 2. The fourth-order valence-corrected chi connectivity index (χ4v) is 2.28. The Balaban J connectivity index is 2.34. The van der Waals surface area contributed by atoms with E-state index in [1.807, 2.05) is 0 Å². The molecule has 1 heteroatoms. The lowest BCUT2D eigenvalue weighted by Crippen LogP contribution is -2.03. The normalized spacial score (nSPS) is 48.9. The van der Waals surface area contributed by atoms with Crippen LogP contribution >= 0.6 is 22.6 Å². The molecule has 2 aliphatic carbocycles. The van der Waals surface area contributed by atoms with Crippen LogP contribution in [0.4, 0.5) is 0 Å². The van der Waals surface area contributed by atoms with E-state index in [-0.39, 0.29) is 0 Å². The first-order chi connectivity index (χ1) is 3.88. The van der Waals surface area contributed by atoms with Gasteiger partial charge < -0.3 is 0 Å². The summed E-state index contributed by atoms with van der Waals surface area (Å²) < 4.78 is 0.840. The molecule has 42 valence electrons. The molecule has 2 bridgehead atoms. The van der Waals surface area contributed by atoms with E-state index < -0.39 is 0 Å². The fraction of sp³-hybridized carbons (Fsp3) is 0.429. The highest BCUT2D eigenvalue weighted by Crippen LogP contribution is 2.38. The van der Waals surface area contributed by atoms with Crippen LogP contribution in [0.1, 0.15) is 0 Å². The van der Waals surface area contributed by atoms with Crippen molar-refractivity contribution in [1.82, 2.24) is 0 Å². The van der Waals surface area contributed by atoms with Gasteiger partial charge in [0.25, 0.3) is 0 Å². The van der Waals surface area contributed by atoms with Gasteiger partial charge in [-0.2, -0.15) is 0 Å². The summed E-state index contributed by atoms with van der Waals surface area (Å²) in [7, 11) is 0. The SMILES string of the molecule is IC1C2C=CC1C=C2. The first kappa shape index (κ1) is 5.03. The van der Waals surface area contributed by atoms with Crippen LogP contribution in [0.15, 0.2) is 24.3 Å². The lowest BCUT2D eigenvalue weighted by Gasteiger charge is -2.03. The molecule has 0 aromatic rings. The average molecular weight is 218 g/mol. The maximum absolute atomic E-state index is 2.52. The van der Waals surface area contributed by atoms with E-state index in [1.54, 1.807) is 0 Å². The number of rotatable bonds is 0. The van der Waals surface area contributed by atoms with Crippen molar-refractivity contribution >= 4 is 22.6 Å². The monoisotopic (exact) mass is 218 g/mol. The number of halogens is 1. The van der Waals surface area contributed by atoms with Crippen LogP contribution in [-0.4, -0.2) is 3.92 Å². The molecule has 0 aliphatic heterocycles. The molecule has 0 saturated heterocycles. The van der Waals surface area contributed by atoms with Gasteiger partial charge in [-0.25, -0.2) is 0 Å². The van der Waals surface area contributed by atoms with Crippen LogP contribution < -0.4 is 0 Å².